The second-order valence-electron chi connectivity index (χ2n) is 6.54. The van der Waals surface area contributed by atoms with Crippen molar-refractivity contribution in [2.45, 2.75) is 6.54 Å². The molecule has 1 N–H and O–H groups in total. The number of benzene rings is 3. The second kappa shape index (κ2) is 9.41. The Hall–Kier alpha value is -3.38. The predicted molar refractivity (Wildman–Crippen MR) is 112 cm³/mol. The number of nitrogens with zero attached hydrogens (tertiary/aromatic N) is 1. The van der Waals surface area contributed by atoms with Gasteiger partial charge in [-0.3, -0.25) is 9.59 Å². The van der Waals surface area contributed by atoms with Crippen LogP contribution in [-0.4, -0.2) is 35.5 Å². The van der Waals surface area contributed by atoms with Crippen LogP contribution in [0.5, 0.6) is 5.75 Å². The van der Waals surface area contributed by atoms with Gasteiger partial charge in [0, 0.05) is 21.7 Å². The number of para-hydroxylation sites is 1. The number of hydrogen-bond acceptors (Lipinski definition) is 3. The lowest BCUT2D eigenvalue weighted by Gasteiger charge is -2.22. The van der Waals surface area contributed by atoms with E-state index in [0.29, 0.717) is 5.75 Å². The molecule has 3 aromatic rings. The molecule has 0 atom stereocenters. The SMILES string of the molecule is COc1ccccc1-c1cccc(C(=O)N(CC(=O)O)Cc2c(F)cccc2Cl)c1. The minimum atomic E-state index is -1.21. The minimum Gasteiger partial charge on any atom is -0.496 e. The quantitative estimate of drug-likeness (QED) is 0.583. The highest BCUT2D eigenvalue weighted by Crippen LogP contribution is 2.30. The molecule has 0 bridgehead atoms. The van der Waals surface area contributed by atoms with E-state index in [9.17, 15) is 19.1 Å². The molecule has 3 rings (SSSR count). The lowest BCUT2D eigenvalue weighted by molar-refractivity contribution is -0.137. The molecule has 0 saturated carbocycles. The molecule has 1 amide bonds. The maximum Gasteiger partial charge on any atom is 0.323 e. The Bertz CT molecular complexity index is 1070. The molecule has 7 heteroatoms. The van der Waals surface area contributed by atoms with E-state index in [-0.39, 0.29) is 22.7 Å². The van der Waals surface area contributed by atoms with Gasteiger partial charge in [0.25, 0.3) is 5.91 Å². The Morgan fingerprint density at radius 2 is 1.80 bits per heavy atom. The third-order valence-electron chi connectivity index (χ3n) is 4.55. The Morgan fingerprint density at radius 1 is 1.07 bits per heavy atom. The summed E-state index contributed by atoms with van der Waals surface area (Å²) >= 11 is 6.06. The van der Waals surface area contributed by atoms with E-state index in [1.54, 1.807) is 31.4 Å². The second-order valence-corrected chi connectivity index (χ2v) is 6.94. The van der Waals surface area contributed by atoms with E-state index in [4.69, 9.17) is 16.3 Å². The molecule has 154 valence electrons. The van der Waals surface area contributed by atoms with E-state index >= 15 is 0 Å². The first-order chi connectivity index (χ1) is 14.4. The summed E-state index contributed by atoms with van der Waals surface area (Å²) in [6.45, 7) is -0.863. The van der Waals surface area contributed by atoms with E-state index in [1.165, 1.54) is 18.2 Å². The number of aliphatic carboxylic acids is 1. The summed E-state index contributed by atoms with van der Waals surface area (Å²) in [5, 5.41) is 9.39. The topological polar surface area (TPSA) is 66.8 Å². The normalized spacial score (nSPS) is 10.5. The molecule has 0 aliphatic carbocycles. The molecule has 0 spiro atoms. The van der Waals surface area contributed by atoms with E-state index in [2.05, 4.69) is 0 Å². The van der Waals surface area contributed by atoms with Gasteiger partial charge in [0.05, 0.1) is 13.7 Å². The highest BCUT2D eigenvalue weighted by atomic mass is 35.5. The summed E-state index contributed by atoms with van der Waals surface area (Å²) in [4.78, 5) is 25.5. The lowest BCUT2D eigenvalue weighted by Crippen LogP contribution is -2.35. The summed E-state index contributed by atoms with van der Waals surface area (Å²) in [7, 11) is 1.56. The van der Waals surface area contributed by atoms with E-state index in [0.717, 1.165) is 16.0 Å². The summed E-state index contributed by atoms with van der Waals surface area (Å²) in [6, 6.07) is 18.3. The van der Waals surface area contributed by atoms with Crippen LogP contribution in [-0.2, 0) is 11.3 Å². The van der Waals surface area contributed by atoms with Crippen molar-refractivity contribution < 1.29 is 23.8 Å². The van der Waals surface area contributed by atoms with Crippen molar-refractivity contribution in [1.29, 1.82) is 0 Å². The van der Waals surface area contributed by atoms with Crippen molar-refractivity contribution in [1.82, 2.24) is 4.90 Å². The molecule has 0 saturated heterocycles. The number of rotatable bonds is 7. The summed E-state index contributed by atoms with van der Waals surface area (Å²) in [5.74, 6) is -1.72. The number of carbonyl (C=O) groups is 2. The fourth-order valence-electron chi connectivity index (χ4n) is 3.12. The van der Waals surface area contributed by atoms with E-state index in [1.807, 2.05) is 24.3 Å². The van der Waals surface area contributed by atoms with Crippen molar-refractivity contribution in [2.24, 2.45) is 0 Å². The van der Waals surface area contributed by atoms with Crippen LogP contribution in [0.4, 0.5) is 4.39 Å². The number of methoxy groups -OCH3 is 1. The molecule has 0 radical (unpaired) electrons. The van der Waals surface area contributed by atoms with Gasteiger partial charge in [-0.25, -0.2) is 4.39 Å². The molecule has 30 heavy (non-hydrogen) atoms. The molecule has 0 unspecified atom stereocenters. The monoisotopic (exact) mass is 427 g/mol. The summed E-state index contributed by atoms with van der Waals surface area (Å²) in [5.41, 5.74) is 1.86. The molecule has 0 fully saturated rings. The Morgan fingerprint density at radius 3 is 2.50 bits per heavy atom. The molecule has 0 aliphatic rings. The average Bonchev–Trinajstić information content (AvgIpc) is 2.75. The van der Waals surface area contributed by atoms with Crippen molar-refractivity contribution in [3.05, 3.63) is 88.7 Å². The molecule has 0 heterocycles. The molecular weight excluding hydrogens is 409 g/mol. The van der Waals surface area contributed by atoms with Crippen LogP contribution < -0.4 is 4.74 Å². The first-order valence-electron chi connectivity index (χ1n) is 9.08. The smallest absolute Gasteiger partial charge is 0.323 e. The van der Waals surface area contributed by atoms with Gasteiger partial charge >= 0.3 is 5.97 Å². The zero-order valence-corrected chi connectivity index (χ0v) is 16.9. The standard InChI is InChI=1S/C23H19ClFNO4/c1-30-21-11-3-2-8-17(21)15-6-4-7-16(12-15)23(29)26(14-22(27)28)13-18-19(24)9-5-10-20(18)25/h2-12H,13-14H2,1H3,(H,27,28). The van der Waals surface area contributed by atoms with Crippen molar-refractivity contribution in [3.8, 4) is 16.9 Å². The van der Waals surface area contributed by atoms with Crippen molar-refractivity contribution in [2.75, 3.05) is 13.7 Å². The molecule has 0 aliphatic heterocycles. The predicted octanol–water partition coefficient (Wildman–Crippen LogP) is 4.88. The fraction of sp³-hybridized carbons (Fsp3) is 0.130. The van der Waals surface area contributed by atoms with Gasteiger partial charge in [-0.1, -0.05) is 48.0 Å². The zero-order valence-electron chi connectivity index (χ0n) is 16.1. The molecule has 3 aromatic carbocycles. The number of ether oxygens (including phenoxy) is 1. The van der Waals surface area contributed by atoms with Gasteiger partial charge in [0.2, 0.25) is 0 Å². The molecule has 5 nitrogen and oxygen atoms in total. The largest absolute Gasteiger partial charge is 0.496 e. The average molecular weight is 428 g/mol. The van der Waals surface area contributed by atoms with Gasteiger partial charge < -0.3 is 14.7 Å². The van der Waals surface area contributed by atoms with E-state index < -0.39 is 24.2 Å². The van der Waals surface area contributed by atoms with Crippen LogP contribution in [0, 0.1) is 5.82 Å². The zero-order chi connectivity index (χ0) is 21.7. The minimum absolute atomic E-state index is 0.0645. The first kappa shape index (κ1) is 21.3. The number of amides is 1. The summed E-state index contributed by atoms with van der Waals surface area (Å²) in [6.07, 6.45) is 0. The van der Waals surface area contributed by atoms with Gasteiger partial charge in [0.15, 0.2) is 0 Å². The highest BCUT2D eigenvalue weighted by molar-refractivity contribution is 6.31. The number of halogens is 2. The van der Waals surface area contributed by atoms with Gasteiger partial charge in [-0.2, -0.15) is 0 Å². The maximum atomic E-state index is 14.2. The van der Waals surface area contributed by atoms with Crippen LogP contribution in [0.1, 0.15) is 15.9 Å². The number of carboxylic acid groups (broad SMARTS) is 1. The van der Waals surface area contributed by atoms with Gasteiger partial charge in [0.1, 0.15) is 18.1 Å². The van der Waals surface area contributed by atoms with Gasteiger partial charge in [-0.15, -0.1) is 0 Å². The molecular formula is C23H19ClFNO4. The number of carbonyl (C=O) groups excluding carboxylic acids is 1. The molecule has 0 aromatic heterocycles. The van der Waals surface area contributed by atoms with Crippen LogP contribution in [0.2, 0.25) is 5.02 Å². The third kappa shape index (κ3) is 4.78. The Balaban J connectivity index is 1.96. The number of hydrogen-bond donors (Lipinski definition) is 1. The van der Waals surface area contributed by atoms with Gasteiger partial charge in [-0.05, 0) is 35.9 Å². The third-order valence-corrected chi connectivity index (χ3v) is 4.91. The first-order valence-corrected chi connectivity index (χ1v) is 9.46. The fourth-order valence-corrected chi connectivity index (χ4v) is 3.35. The Kier molecular flexibility index (Phi) is 6.69. The van der Waals surface area contributed by atoms with Crippen LogP contribution in [0.3, 0.4) is 0 Å². The van der Waals surface area contributed by atoms with Crippen molar-refractivity contribution in [3.63, 3.8) is 0 Å². The van der Waals surface area contributed by atoms with Crippen molar-refractivity contribution >= 4 is 23.5 Å². The lowest BCUT2D eigenvalue weighted by atomic mass is 10.0. The summed E-state index contributed by atoms with van der Waals surface area (Å²) < 4.78 is 19.6. The Labute approximate surface area is 178 Å². The maximum absolute atomic E-state index is 14.2. The van der Waals surface area contributed by atoms with Crippen LogP contribution in [0.15, 0.2) is 66.7 Å². The number of carboxylic acids is 1. The van der Waals surface area contributed by atoms with Crippen LogP contribution >= 0.6 is 11.6 Å². The highest BCUT2D eigenvalue weighted by Gasteiger charge is 2.22. The van der Waals surface area contributed by atoms with Crippen LogP contribution in [0.25, 0.3) is 11.1 Å².